The first-order chi connectivity index (χ1) is 7.24. The fourth-order valence-corrected chi connectivity index (χ4v) is 2.01. The van der Waals surface area contributed by atoms with Gasteiger partial charge in [0.25, 0.3) is 0 Å². The average molecular weight is 242 g/mol. The Bertz CT molecular complexity index is 348. The zero-order valence-electron chi connectivity index (χ0n) is 8.20. The van der Waals surface area contributed by atoms with Gasteiger partial charge in [-0.05, 0) is 37.1 Å². The quantitative estimate of drug-likeness (QED) is 0.822. The summed E-state index contributed by atoms with van der Waals surface area (Å²) in [6.07, 6.45) is 2.27. The van der Waals surface area contributed by atoms with E-state index in [-0.39, 0.29) is 5.91 Å². The summed E-state index contributed by atoms with van der Waals surface area (Å²) in [5.74, 6) is 0.607. The Morgan fingerprint density at radius 2 is 2.07 bits per heavy atom. The molecule has 0 aliphatic heterocycles. The van der Waals surface area contributed by atoms with E-state index < -0.39 is 0 Å². The van der Waals surface area contributed by atoms with E-state index in [2.05, 4.69) is 5.32 Å². The van der Waals surface area contributed by atoms with Crippen LogP contribution in [-0.4, -0.2) is 17.7 Å². The maximum atomic E-state index is 11.4. The second-order valence-corrected chi connectivity index (χ2v) is 5.07. The predicted molar refractivity (Wildman–Crippen MR) is 63.3 cm³/mol. The Labute approximate surface area is 98.4 Å². The zero-order chi connectivity index (χ0) is 10.7. The highest BCUT2D eigenvalue weighted by molar-refractivity contribution is 8.00. The van der Waals surface area contributed by atoms with Crippen molar-refractivity contribution in [1.82, 2.24) is 5.32 Å². The standard InChI is InChI=1S/C11H12ClNOS/c12-8-1-5-10(6-2-8)15-7-11(14)13-9-3-4-9/h1-2,5-6,9H,3-4,7H2,(H,13,14). The second kappa shape index (κ2) is 4.90. The Morgan fingerprint density at radius 1 is 1.40 bits per heavy atom. The topological polar surface area (TPSA) is 29.1 Å². The van der Waals surface area contributed by atoms with Crippen LogP contribution < -0.4 is 5.32 Å². The van der Waals surface area contributed by atoms with E-state index in [0.717, 1.165) is 22.8 Å². The van der Waals surface area contributed by atoms with Crippen molar-refractivity contribution >= 4 is 29.3 Å². The van der Waals surface area contributed by atoms with Gasteiger partial charge in [0, 0.05) is 16.0 Å². The Balaban J connectivity index is 1.76. The number of benzene rings is 1. The van der Waals surface area contributed by atoms with E-state index >= 15 is 0 Å². The molecule has 1 saturated carbocycles. The highest BCUT2D eigenvalue weighted by atomic mass is 35.5. The lowest BCUT2D eigenvalue weighted by atomic mass is 10.4. The van der Waals surface area contributed by atoms with E-state index in [1.807, 2.05) is 24.3 Å². The summed E-state index contributed by atoms with van der Waals surface area (Å²) in [5, 5.41) is 3.67. The maximum Gasteiger partial charge on any atom is 0.230 e. The van der Waals surface area contributed by atoms with Crippen molar-refractivity contribution in [2.75, 3.05) is 5.75 Å². The lowest BCUT2D eigenvalue weighted by molar-refractivity contribution is -0.118. The van der Waals surface area contributed by atoms with Crippen molar-refractivity contribution in [3.8, 4) is 0 Å². The number of rotatable bonds is 4. The molecule has 1 aliphatic carbocycles. The highest BCUT2D eigenvalue weighted by Gasteiger charge is 2.22. The van der Waals surface area contributed by atoms with Gasteiger partial charge in [0.1, 0.15) is 0 Å². The molecule has 15 heavy (non-hydrogen) atoms. The van der Waals surface area contributed by atoms with Crippen LogP contribution in [-0.2, 0) is 4.79 Å². The van der Waals surface area contributed by atoms with Gasteiger partial charge in [-0.2, -0.15) is 0 Å². The largest absolute Gasteiger partial charge is 0.353 e. The lowest BCUT2D eigenvalue weighted by Gasteiger charge is -2.03. The number of thioether (sulfide) groups is 1. The van der Waals surface area contributed by atoms with Crippen molar-refractivity contribution in [2.24, 2.45) is 0 Å². The fraction of sp³-hybridized carbons (Fsp3) is 0.364. The highest BCUT2D eigenvalue weighted by Crippen LogP contribution is 2.22. The molecule has 2 rings (SSSR count). The third-order valence-corrected chi connectivity index (χ3v) is 3.39. The van der Waals surface area contributed by atoms with Crippen molar-refractivity contribution in [3.05, 3.63) is 29.3 Å². The molecule has 4 heteroatoms. The minimum atomic E-state index is 0.123. The van der Waals surface area contributed by atoms with Gasteiger partial charge >= 0.3 is 0 Å². The summed E-state index contributed by atoms with van der Waals surface area (Å²) in [5.41, 5.74) is 0. The van der Waals surface area contributed by atoms with Crippen LogP contribution in [0, 0.1) is 0 Å². The summed E-state index contributed by atoms with van der Waals surface area (Å²) < 4.78 is 0. The molecule has 1 aromatic carbocycles. The normalized spacial score (nSPS) is 15.0. The summed E-state index contributed by atoms with van der Waals surface area (Å²) in [7, 11) is 0. The first-order valence-electron chi connectivity index (χ1n) is 4.92. The smallest absolute Gasteiger partial charge is 0.230 e. The van der Waals surface area contributed by atoms with Crippen LogP contribution in [0.3, 0.4) is 0 Å². The van der Waals surface area contributed by atoms with Crippen LogP contribution in [0.4, 0.5) is 0 Å². The molecule has 0 radical (unpaired) electrons. The van der Waals surface area contributed by atoms with Crippen LogP contribution in [0.1, 0.15) is 12.8 Å². The van der Waals surface area contributed by atoms with Crippen molar-refractivity contribution < 1.29 is 4.79 Å². The van der Waals surface area contributed by atoms with E-state index in [0.29, 0.717) is 11.8 Å². The molecular formula is C11H12ClNOS. The molecule has 80 valence electrons. The number of hydrogen-bond donors (Lipinski definition) is 1. The summed E-state index contributed by atoms with van der Waals surface area (Å²) in [4.78, 5) is 12.5. The van der Waals surface area contributed by atoms with Gasteiger partial charge in [0.2, 0.25) is 5.91 Å². The Hall–Kier alpha value is -0.670. The number of hydrogen-bond acceptors (Lipinski definition) is 2. The van der Waals surface area contributed by atoms with Gasteiger partial charge in [-0.25, -0.2) is 0 Å². The molecule has 1 N–H and O–H groups in total. The number of carbonyl (C=O) groups excluding carboxylic acids is 1. The number of amides is 1. The zero-order valence-corrected chi connectivity index (χ0v) is 9.77. The average Bonchev–Trinajstić information content (AvgIpc) is 3.01. The molecule has 0 heterocycles. The molecule has 1 amide bonds. The fourth-order valence-electron chi connectivity index (χ4n) is 1.18. The third kappa shape index (κ3) is 3.76. The minimum Gasteiger partial charge on any atom is -0.353 e. The maximum absolute atomic E-state index is 11.4. The predicted octanol–water partition coefficient (Wildman–Crippen LogP) is 2.71. The summed E-state index contributed by atoms with van der Waals surface area (Å²) in [6.45, 7) is 0. The number of nitrogens with one attached hydrogen (secondary N) is 1. The molecule has 1 aliphatic rings. The molecule has 0 unspecified atom stereocenters. The van der Waals surface area contributed by atoms with Crippen molar-refractivity contribution in [3.63, 3.8) is 0 Å². The summed E-state index contributed by atoms with van der Waals surface area (Å²) >= 11 is 7.30. The van der Waals surface area contributed by atoms with Crippen LogP contribution in [0.5, 0.6) is 0 Å². The van der Waals surface area contributed by atoms with Crippen LogP contribution in [0.15, 0.2) is 29.2 Å². The second-order valence-electron chi connectivity index (χ2n) is 3.58. The Morgan fingerprint density at radius 3 is 2.67 bits per heavy atom. The molecule has 0 saturated heterocycles. The van der Waals surface area contributed by atoms with Gasteiger partial charge in [0.15, 0.2) is 0 Å². The molecule has 0 aromatic heterocycles. The van der Waals surface area contributed by atoms with E-state index in [9.17, 15) is 4.79 Å². The van der Waals surface area contributed by atoms with Gasteiger partial charge in [-0.3, -0.25) is 4.79 Å². The van der Waals surface area contributed by atoms with E-state index in [1.54, 1.807) is 0 Å². The molecular weight excluding hydrogens is 230 g/mol. The third-order valence-electron chi connectivity index (χ3n) is 2.13. The molecule has 2 nitrogen and oxygen atoms in total. The van der Waals surface area contributed by atoms with E-state index in [4.69, 9.17) is 11.6 Å². The van der Waals surface area contributed by atoms with Gasteiger partial charge in [0.05, 0.1) is 5.75 Å². The minimum absolute atomic E-state index is 0.123. The lowest BCUT2D eigenvalue weighted by Crippen LogP contribution is -2.26. The molecule has 0 atom stereocenters. The van der Waals surface area contributed by atoms with Gasteiger partial charge in [-0.1, -0.05) is 11.6 Å². The van der Waals surface area contributed by atoms with Crippen LogP contribution in [0.2, 0.25) is 5.02 Å². The molecule has 0 spiro atoms. The van der Waals surface area contributed by atoms with Gasteiger partial charge < -0.3 is 5.32 Å². The molecule has 1 fully saturated rings. The monoisotopic (exact) mass is 241 g/mol. The summed E-state index contributed by atoms with van der Waals surface area (Å²) in [6, 6.07) is 7.98. The first kappa shape index (κ1) is 10.8. The van der Waals surface area contributed by atoms with Crippen LogP contribution >= 0.6 is 23.4 Å². The van der Waals surface area contributed by atoms with E-state index in [1.165, 1.54) is 11.8 Å². The van der Waals surface area contributed by atoms with Crippen molar-refractivity contribution in [1.29, 1.82) is 0 Å². The number of carbonyl (C=O) groups is 1. The number of halogens is 1. The SMILES string of the molecule is O=C(CSc1ccc(Cl)cc1)NC1CC1. The van der Waals surface area contributed by atoms with Crippen LogP contribution in [0.25, 0.3) is 0 Å². The molecule has 0 bridgehead atoms. The Kier molecular flexibility index (Phi) is 3.54. The molecule has 1 aromatic rings. The van der Waals surface area contributed by atoms with Gasteiger partial charge in [-0.15, -0.1) is 11.8 Å². The first-order valence-corrected chi connectivity index (χ1v) is 6.28. The van der Waals surface area contributed by atoms with Crippen molar-refractivity contribution in [2.45, 2.75) is 23.8 Å².